The van der Waals surface area contributed by atoms with Gasteiger partial charge in [-0.1, -0.05) is 0 Å². The molecule has 1 atom stereocenters. The Hall–Kier alpha value is -2.74. The van der Waals surface area contributed by atoms with Crippen LogP contribution < -0.4 is 20.1 Å². The Kier molecular flexibility index (Phi) is 6.85. The molecule has 1 unspecified atom stereocenters. The zero-order chi connectivity index (χ0) is 19.1. The smallest absolute Gasteiger partial charge is 0.338 e. The molecule has 0 aromatic heterocycles. The second kappa shape index (κ2) is 9.10. The first-order valence-corrected chi connectivity index (χ1v) is 8.26. The van der Waals surface area contributed by atoms with Crippen LogP contribution >= 0.6 is 0 Å². The lowest BCUT2D eigenvalue weighted by Gasteiger charge is -2.29. The van der Waals surface area contributed by atoms with Crippen LogP contribution in [0, 0.1) is 0 Å². The molecule has 1 heterocycles. The first kappa shape index (κ1) is 19.6. The van der Waals surface area contributed by atoms with Crippen LogP contribution in [-0.2, 0) is 14.3 Å². The van der Waals surface area contributed by atoms with Crippen LogP contribution in [0.1, 0.15) is 25.5 Å². The van der Waals surface area contributed by atoms with Crippen molar-refractivity contribution in [1.29, 1.82) is 0 Å². The molecule has 1 aliphatic rings. The summed E-state index contributed by atoms with van der Waals surface area (Å²) in [6, 6.07) is 4.06. The summed E-state index contributed by atoms with van der Waals surface area (Å²) in [6.45, 7) is 4.50. The molecule has 2 N–H and O–H groups in total. The molecule has 8 nitrogen and oxygen atoms in total. The summed E-state index contributed by atoms with van der Waals surface area (Å²) in [5, 5.41) is 5.35. The predicted molar refractivity (Wildman–Crippen MR) is 94.1 cm³/mol. The van der Waals surface area contributed by atoms with Crippen LogP contribution in [0.3, 0.4) is 0 Å². The van der Waals surface area contributed by atoms with E-state index in [0.29, 0.717) is 41.5 Å². The lowest BCUT2D eigenvalue weighted by Crippen LogP contribution is -2.45. The number of amides is 2. The van der Waals surface area contributed by atoms with E-state index < -0.39 is 18.0 Å². The van der Waals surface area contributed by atoms with E-state index in [9.17, 15) is 9.59 Å². The molecule has 0 radical (unpaired) electrons. The minimum absolute atomic E-state index is 0.129. The Balaban J connectivity index is 2.33. The Bertz CT molecular complexity index is 701. The number of ether oxygens (including phenoxy) is 4. The molecule has 2 amide bonds. The van der Waals surface area contributed by atoms with Gasteiger partial charge in [0.25, 0.3) is 0 Å². The standard InChI is InChI=1S/C18H24N2O6/c1-5-25-8-9-26-17(21)15-11(2)19-18(22)20-16(15)13-7-6-12(23-3)10-14(13)24-4/h6-7,10,16H,5,8-9H2,1-4H3,(H2,19,20,22). The Morgan fingerprint density at radius 1 is 1.19 bits per heavy atom. The zero-order valence-electron chi connectivity index (χ0n) is 15.4. The van der Waals surface area contributed by atoms with Gasteiger partial charge < -0.3 is 29.6 Å². The molecule has 26 heavy (non-hydrogen) atoms. The number of esters is 1. The van der Waals surface area contributed by atoms with E-state index in [2.05, 4.69) is 10.6 Å². The number of hydrogen-bond acceptors (Lipinski definition) is 6. The van der Waals surface area contributed by atoms with Crippen molar-refractivity contribution in [3.8, 4) is 11.5 Å². The SMILES string of the molecule is CCOCCOC(=O)C1=C(C)NC(=O)NC1c1ccc(OC)cc1OC. The second-order valence-electron chi connectivity index (χ2n) is 5.51. The van der Waals surface area contributed by atoms with E-state index >= 15 is 0 Å². The third kappa shape index (κ3) is 4.45. The van der Waals surface area contributed by atoms with Gasteiger partial charge in [0, 0.05) is 23.9 Å². The number of carbonyl (C=O) groups excluding carboxylic acids is 2. The van der Waals surface area contributed by atoms with E-state index in [1.165, 1.54) is 7.11 Å². The minimum Gasteiger partial charge on any atom is -0.497 e. The Labute approximate surface area is 152 Å². The summed E-state index contributed by atoms with van der Waals surface area (Å²) in [5.74, 6) is 0.564. The quantitative estimate of drug-likeness (QED) is 0.540. The third-order valence-electron chi connectivity index (χ3n) is 3.91. The highest BCUT2D eigenvalue weighted by atomic mass is 16.6. The number of benzene rings is 1. The summed E-state index contributed by atoms with van der Waals surface area (Å²) in [4.78, 5) is 24.5. The second-order valence-corrected chi connectivity index (χ2v) is 5.51. The average Bonchev–Trinajstić information content (AvgIpc) is 2.63. The van der Waals surface area contributed by atoms with E-state index in [0.717, 1.165) is 0 Å². The highest BCUT2D eigenvalue weighted by Crippen LogP contribution is 2.35. The van der Waals surface area contributed by atoms with Gasteiger partial charge in [-0.2, -0.15) is 0 Å². The lowest BCUT2D eigenvalue weighted by molar-refractivity contribution is -0.141. The van der Waals surface area contributed by atoms with E-state index in [1.807, 2.05) is 6.92 Å². The summed E-state index contributed by atoms with van der Waals surface area (Å²) in [5.41, 5.74) is 1.36. The number of carbonyl (C=O) groups is 2. The number of hydrogen-bond donors (Lipinski definition) is 2. The normalized spacial score (nSPS) is 16.6. The topological polar surface area (TPSA) is 95.1 Å². The Morgan fingerprint density at radius 2 is 1.96 bits per heavy atom. The minimum atomic E-state index is -0.704. The van der Waals surface area contributed by atoms with Crippen LogP contribution in [0.5, 0.6) is 11.5 Å². The van der Waals surface area contributed by atoms with Crippen molar-refractivity contribution in [2.24, 2.45) is 0 Å². The van der Waals surface area contributed by atoms with Crippen molar-refractivity contribution in [2.45, 2.75) is 19.9 Å². The van der Waals surface area contributed by atoms with Gasteiger partial charge in [-0.05, 0) is 26.0 Å². The number of rotatable bonds is 8. The van der Waals surface area contributed by atoms with Crippen LogP contribution in [-0.4, -0.2) is 46.0 Å². The summed E-state index contributed by atoms with van der Waals surface area (Å²) in [6.07, 6.45) is 0. The molecule has 1 aromatic rings. The van der Waals surface area contributed by atoms with Crippen molar-refractivity contribution in [1.82, 2.24) is 10.6 Å². The van der Waals surface area contributed by atoms with Crippen LogP contribution in [0.15, 0.2) is 29.5 Å². The number of urea groups is 1. The average molecular weight is 364 g/mol. The van der Waals surface area contributed by atoms with Crippen LogP contribution in [0.25, 0.3) is 0 Å². The van der Waals surface area contributed by atoms with E-state index in [-0.39, 0.29) is 6.61 Å². The molecule has 0 spiro atoms. The maximum Gasteiger partial charge on any atom is 0.338 e. The van der Waals surface area contributed by atoms with Crippen molar-refractivity contribution in [3.63, 3.8) is 0 Å². The van der Waals surface area contributed by atoms with Gasteiger partial charge >= 0.3 is 12.0 Å². The molecule has 0 bridgehead atoms. The first-order chi connectivity index (χ1) is 12.5. The fourth-order valence-electron chi connectivity index (χ4n) is 2.67. The zero-order valence-corrected chi connectivity index (χ0v) is 15.4. The Morgan fingerprint density at radius 3 is 2.62 bits per heavy atom. The lowest BCUT2D eigenvalue weighted by atomic mass is 9.94. The summed E-state index contributed by atoms with van der Waals surface area (Å²) < 4.78 is 21.1. The number of methoxy groups -OCH3 is 2. The van der Waals surface area contributed by atoms with Crippen molar-refractivity contribution in [3.05, 3.63) is 35.0 Å². The highest BCUT2D eigenvalue weighted by molar-refractivity contribution is 5.95. The maximum absolute atomic E-state index is 12.6. The van der Waals surface area contributed by atoms with Gasteiger partial charge in [-0.25, -0.2) is 9.59 Å². The number of allylic oxidation sites excluding steroid dienone is 1. The largest absolute Gasteiger partial charge is 0.497 e. The van der Waals surface area contributed by atoms with Gasteiger partial charge in [-0.15, -0.1) is 0 Å². The van der Waals surface area contributed by atoms with Crippen LogP contribution in [0.2, 0.25) is 0 Å². The third-order valence-corrected chi connectivity index (χ3v) is 3.91. The summed E-state index contributed by atoms with van der Waals surface area (Å²) in [7, 11) is 3.06. The van der Waals surface area contributed by atoms with E-state index in [4.69, 9.17) is 18.9 Å². The molecular weight excluding hydrogens is 340 g/mol. The molecule has 8 heteroatoms. The highest BCUT2D eigenvalue weighted by Gasteiger charge is 2.34. The molecule has 0 saturated carbocycles. The van der Waals surface area contributed by atoms with Gasteiger partial charge in [0.2, 0.25) is 0 Å². The van der Waals surface area contributed by atoms with Crippen molar-refractivity contribution in [2.75, 3.05) is 34.0 Å². The maximum atomic E-state index is 12.6. The molecule has 0 aliphatic carbocycles. The summed E-state index contributed by atoms with van der Waals surface area (Å²) >= 11 is 0. The van der Waals surface area contributed by atoms with Crippen molar-refractivity contribution < 1.29 is 28.5 Å². The fraction of sp³-hybridized carbons (Fsp3) is 0.444. The molecule has 2 rings (SSSR count). The number of nitrogens with one attached hydrogen (secondary N) is 2. The molecule has 1 aliphatic heterocycles. The van der Waals surface area contributed by atoms with Crippen LogP contribution in [0.4, 0.5) is 4.79 Å². The van der Waals surface area contributed by atoms with Gasteiger partial charge in [0.1, 0.15) is 18.1 Å². The van der Waals surface area contributed by atoms with Gasteiger partial charge in [0.15, 0.2) is 0 Å². The first-order valence-electron chi connectivity index (χ1n) is 8.26. The molecule has 0 saturated heterocycles. The molecule has 0 fully saturated rings. The monoisotopic (exact) mass is 364 g/mol. The molecular formula is C18H24N2O6. The molecule has 142 valence electrons. The fourth-order valence-corrected chi connectivity index (χ4v) is 2.67. The van der Waals surface area contributed by atoms with Gasteiger partial charge in [-0.3, -0.25) is 0 Å². The van der Waals surface area contributed by atoms with Crippen molar-refractivity contribution >= 4 is 12.0 Å². The predicted octanol–water partition coefficient (Wildman–Crippen LogP) is 1.91. The molecule has 1 aromatic carbocycles. The van der Waals surface area contributed by atoms with Gasteiger partial charge in [0.05, 0.1) is 32.4 Å². The van der Waals surface area contributed by atoms with E-state index in [1.54, 1.807) is 32.2 Å².